The molecular weight excluding hydrogens is 282 g/mol. The van der Waals surface area contributed by atoms with Crippen LogP contribution in [-0.4, -0.2) is 32.4 Å². The number of carboxylic acids is 1. The fourth-order valence-corrected chi connectivity index (χ4v) is 2.19. The maximum atomic E-state index is 12.2. The van der Waals surface area contributed by atoms with Gasteiger partial charge in [0.15, 0.2) is 5.65 Å². The topological polar surface area (TPSA) is 83.7 Å². The number of amides is 1. The van der Waals surface area contributed by atoms with Gasteiger partial charge in [-0.3, -0.25) is 9.20 Å². The molecule has 2 aromatic heterocycles. The Morgan fingerprint density at radius 1 is 1.55 bits per heavy atom. The van der Waals surface area contributed by atoms with Crippen LogP contribution in [0.15, 0.2) is 18.3 Å². The number of nitrogens with zero attached hydrogens (tertiary/aromatic N) is 2. The molecule has 2 aromatic rings. The molecule has 6 nitrogen and oxygen atoms in total. The van der Waals surface area contributed by atoms with Gasteiger partial charge in [-0.25, -0.2) is 9.78 Å². The second kappa shape index (κ2) is 5.50. The summed E-state index contributed by atoms with van der Waals surface area (Å²) < 4.78 is 1.56. The molecule has 1 atom stereocenters. The number of halogens is 1. The monoisotopic (exact) mass is 295 g/mol. The third-order valence-electron chi connectivity index (χ3n) is 3.00. The van der Waals surface area contributed by atoms with Gasteiger partial charge < -0.3 is 10.4 Å². The van der Waals surface area contributed by atoms with Gasteiger partial charge in [-0.2, -0.15) is 0 Å². The van der Waals surface area contributed by atoms with Crippen molar-refractivity contribution in [1.82, 2.24) is 14.7 Å². The lowest BCUT2D eigenvalue weighted by molar-refractivity contribution is -0.139. The Balaban J connectivity index is 2.42. The number of imidazole rings is 1. The summed E-state index contributed by atoms with van der Waals surface area (Å²) >= 11 is 6.02. The number of aromatic nitrogens is 2. The van der Waals surface area contributed by atoms with Crippen LogP contribution in [0.5, 0.6) is 0 Å². The molecule has 0 aromatic carbocycles. The fourth-order valence-electron chi connectivity index (χ4n) is 1.99. The molecule has 1 unspecified atom stereocenters. The molecule has 1 amide bonds. The van der Waals surface area contributed by atoms with Crippen LogP contribution in [0.4, 0.5) is 0 Å². The van der Waals surface area contributed by atoms with E-state index in [2.05, 4.69) is 10.3 Å². The van der Waals surface area contributed by atoms with Crippen molar-refractivity contribution in [2.75, 3.05) is 0 Å². The van der Waals surface area contributed by atoms with Crippen molar-refractivity contribution in [1.29, 1.82) is 0 Å². The van der Waals surface area contributed by atoms with Gasteiger partial charge >= 0.3 is 5.97 Å². The number of carbonyl (C=O) groups excluding carboxylic acids is 1. The number of nitrogens with one attached hydrogen (secondary N) is 1. The van der Waals surface area contributed by atoms with Crippen LogP contribution in [0, 0.1) is 6.92 Å². The number of fused-ring (bicyclic) bond motifs is 1. The molecule has 7 heteroatoms. The molecule has 0 spiro atoms. The zero-order valence-electron chi connectivity index (χ0n) is 11.1. The average Bonchev–Trinajstić information content (AvgIpc) is 2.73. The maximum absolute atomic E-state index is 12.2. The number of rotatable bonds is 4. The number of pyridine rings is 1. The van der Waals surface area contributed by atoms with E-state index in [1.54, 1.807) is 36.6 Å². The Kier molecular flexibility index (Phi) is 3.94. The first-order valence-corrected chi connectivity index (χ1v) is 6.50. The standard InChI is InChI=1S/C13H14ClN3O3/c1-3-9(13(19)20)16-12(18)10-7(2)15-11-8(14)5-4-6-17(10)11/h4-6,9H,3H2,1-2H3,(H,16,18)(H,19,20). The lowest BCUT2D eigenvalue weighted by Crippen LogP contribution is -2.40. The van der Waals surface area contributed by atoms with Crippen molar-refractivity contribution in [2.24, 2.45) is 0 Å². The number of aryl methyl sites for hydroxylation is 1. The lowest BCUT2D eigenvalue weighted by Gasteiger charge is -2.12. The first kappa shape index (κ1) is 14.3. The van der Waals surface area contributed by atoms with Gasteiger partial charge in [-0.1, -0.05) is 18.5 Å². The van der Waals surface area contributed by atoms with E-state index in [-0.39, 0.29) is 0 Å². The normalized spacial score (nSPS) is 12.3. The molecule has 20 heavy (non-hydrogen) atoms. The van der Waals surface area contributed by atoms with Crippen LogP contribution in [0.3, 0.4) is 0 Å². The van der Waals surface area contributed by atoms with Crippen molar-refractivity contribution in [3.05, 3.63) is 34.7 Å². The quantitative estimate of drug-likeness (QED) is 0.902. The van der Waals surface area contributed by atoms with Crippen molar-refractivity contribution in [3.8, 4) is 0 Å². The number of carbonyl (C=O) groups is 2. The Bertz CT molecular complexity index is 681. The van der Waals surface area contributed by atoms with Crippen molar-refractivity contribution < 1.29 is 14.7 Å². The number of carboxylic acid groups (broad SMARTS) is 1. The summed E-state index contributed by atoms with van der Waals surface area (Å²) in [6, 6.07) is 2.45. The number of aliphatic carboxylic acids is 1. The van der Waals surface area contributed by atoms with Gasteiger partial charge in [0, 0.05) is 6.20 Å². The smallest absolute Gasteiger partial charge is 0.326 e. The molecule has 2 heterocycles. The zero-order valence-corrected chi connectivity index (χ0v) is 11.8. The van der Waals surface area contributed by atoms with Crippen LogP contribution >= 0.6 is 11.6 Å². The number of hydrogen-bond acceptors (Lipinski definition) is 3. The van der Waals surface area contributed by atoms with Crippen LogP contribution in [0.25, 0.3) is 5.65 Å². The van der Waals surface area contributed by atoms with Gasteiger partial charge in [-0.15, -0.1) is 0 Å². The summed E-state index contributed by atoms with van der Waals surface area (Å²) in [7, 11) is 0. The molecule has 106 valence electrons. The minimum absolute atomic E-state index is 0.294. The molecular formula is C13H14ClN3O3. The molecule has 0 aliphatic heterocycles. The van der Waals surface area contributed by atoms with E-state index >= 15 is 0 Å². The van der Waals surface area contributed by atoms with E-state index in [4.69, 9.17) is 16.7 Å². The molecule has 0 aliphatic rings. The van der Waals surface area contributed by atoms with Gasteiger partial charge in [0.2, 0.25) is 0 Å². The van der Waals surface area contributed by atoms with E-state index in [0.717, 1.165) is 0 Å². The molecule has 0 saturated heterocycles. The second-order valence-electron chi connectivity index (χ2n) is 4.37. The molecule has 0 bridgehead atoms. The Morgan fingerprint density at radius 2 is 2.25 bits per heavy atom. The van der Waals surface area contributed by atoms with E-state index in [1.165, 1.54) is 0 Å². The Hall–Kier alpha value is -2.08. The minimum atomic E-state index is -1.06. The Morgan fingerprint density at radius 3 is 2.85 bits per heavy atom. The second-order valence-corrected chi connectivity index (χ2v) is 4.78. The van der Waals surface area contributed by atoms with Crippen molar-refractivity contribution in [3.63, 3.8) is 0 Å². The molecule has 0 saturated carbocycles. The highest BCUT2D eigenvalue weighted by atomic mass is 35.5. The summed E-state index contributed by atoms with van der Waals surface area (Å²) in [5, 5.41) is 11.9. The predicted molar refractivity (Wildman–Crippen MR) is 74.1 cm³/mol. The van der Waals surface area contributed by atoms with Crippen molar-refractivity contribution in [2.45, 2.75) is 26.3 Å². The summed E-state index contributed by atoms with van der Waals surface area (Å²) in [4.78, 5) is 27.5. The van der Waals surface area contributed by atoms with Gasteiger partial charge in [0.05, 0.1) is 10.7 Å². The van der Waals surface area contributed by atoms with Gasteiger partial charge in [0.25, 0.3) is 5.91 Å². The molecule has 0 aliphatic carbocycles. The average molecular weight is 296 g/mol. The van der Waals surface area contributed by atoms with Crippen LogP contribution < -0.4 is 5.32 Å². The van der Waals surface area contributed by atoms with Crippen LogP contribution in [0.1, 0.15) is 29.5 Å². The lowest BCUT2D eigenvalue weighted by atomic mass is 10.2. The van der Waals surface area contributed by atoms with Gasteiger partial charge in [0.1, 0.15) is 11.7 Å². The zero-order chi connectivity index (χ0) is 14.9. The third kappa shape index (κ3) is 2.46. The fraction of sp³-hybridized carbons (Fsp3) is 0.308. The first-order chi connectivity index (χ1) is 9.45. The SMILES string of the molecule is CCC(NC(=O)c1c(C)nc2c(Cl)cccn12)C(=O)O. The van der Waals surface area contributed by atoms with E-state index < -0.39 is 17.9 Å². The molecule has 2 N–H and O–H groups in total. The summed E-state index contributed by atoms with van der Waals surface area (Å²) in [5.74, 6) is -1.54. The van der Waals surface area contributed by atoms with Crippen LogP contribution in [-0.2, 0) is 4.79 Å². The van der Waals surface area contributed by atoms with E-state index in [9.17, 15) is 9.59 Å². The first-order valence-electron chi connectivity index (χ1n) is 6.12. The number of hydrogen-bond donors (Lipinski definition) is 2. The Labute approximate surface area is 120 Å². The largest absolute Gasteiger partial charge is 0.480 e. The highest BCUT2D eigenvalue weighted by molar-refractivity contribution is 6.33. The summed E-state index contributed by atoms with van der Waals surface area (Å²) in [6.45, 7) is 3.37. The molecule has 0 fully saturated rings. The maximum Gasteiger partial charge on any atom is 0.326 e. The minimum Gasteiger partial charge on any atom is -0.480 e. The predicted octanol–water partition coefficient (Wildman–Crippen LogP) is 1.89. The van der Waals surface area contributed by atoms with Crippen molar-refractivity contribution >= 4 is 29.1 Å². The highest BCUT2D eigenvalue weighted by Crippen LogP contribution is 2.19. The van der Waals surface area contributed by atoms with Crippen LogP contribution in [0.2, 0.25) is 5.02 Å². The van der Waals surface area contributed by atoms with E-state index in [0.29, 0.717) is 28.5 Å². The summed E-state index contributed by atoms with van der Waals surface area (Å²) in [6.07, 6.45) is 1.97. The third-order valence-corrected chi connectivity index (χ3v) is 3.30. The highest BCUT2D eigenvalue weighted by Gasteiger charge is 2.23. The van der Waals surface area contributed by atoms with Gasteiger partial charge in [-0.05, 0) is 25.5 Å². The summed E-state index contributed by atoms with van der Waals surface area (Å²) in [5.41, 5.74) is 1.26. The van der Waals surface area contributed by atoms with E-state index in [1.807, 2.05) is 0 Å². The molecule has 2 rings (SSSR count). The molecule has 0 radical (unpaired) electrons.